The molecule has 0 saturated heterocycles. The lowest BCUT2D eigenvalue weighted by Gasteiger charge is -2.24. The Bertz CT molecular complexity index is 1070. The van der Waals surface area contributed by atoms with Crippen molar-refractivity contribution in [1.29, 1.82) is 0 Å². The number of para-hydroxylation sites is 1. The molecule has 2 aromatic carbocycles. The van der Waals surface area contributed by atoms with Crippen LogP contribution in [0.4, 0.5) is 5.69 Å². The molecular weight excluding hydrogens is 406 g/mol. The second-order valence-electron chi connectivity index (χ2n) is 7.13. The number of amides is 4. The molecule has 7 nitrogen and oxygen atoms in total. The summed E-state index contributed by atoms with van der Waals surface area (Å²) in [6.07, 6.45) is 8.01. The number of hydrogen-bond donors (Lipinski definition) is 1. The number of terminal acetylenes is 1. The van der Waals surface area contributed by atoms with Crippen molar-refractivity contribution in [2.75, 3.05) is 18.0 Å². The van der Waals surface area contributed by atoms with Crippen molar-refractivity contribution < 1.29 is 19.2 Å². The highest BCUT2D eigenvalue weighted by Gasteiger charge is 2.23. The lowest BCUT2D eigenvalue weighted by Crippen LogP contribution is -2.37. The van der Waals surface area contributed by atoms with E-state index in [0.29, 0.717) is 6.54 Å². The van der Waals surface area contributed by atoms with Crippen LogP contribution in [0.3, 0.4) is 0 Å². The highest BCUT2D eigenvalue weighted by atomic mass is 16.2. The third-order valence-electron chi connectivity index (χ3n) is 4.99. The van der Waals surface area contributed by atoms with Gasteiger partial charge in [0.1, 0.15) is 0 Å². The molecule has 0 fully saturated rings. The van der Waals surface area contributed by atoms with Crippen LogP contribution in [0.5, 0.6) is 0 Å². The van der Waals surface area contributed by atoms with Crippen molar-refractivity contribution in [3.63, 3.8) is 0 Å². The van der Waals surface area contributed by atoms with Crippen molar-refractivity contribution in [2.45, 2.75) is 19.4 Å². The largest absolute Gasteiger partial charge is 0.356 e. The van der Waals surface area contributed by atoms with E-state index in [1.807, 2.05) is 54.6 Å². The Hall–Kier alpha value is -4.18. The summed E-state index contributed by atoms with van der Waals surface area (Å²) in [5, 5.41) is 2.67. The molecule has 3 rings (SSSR count). The average molecular weight is 429 g/mol. The molecular formula is C25H23N3O4. The van der Waals surface area contributed by atoms with E-state index < -0.39 is 11.8 Å². The first-order chi connectivity index (χ1) is 15.5. The molecule has 0 bridgehead atoms. The maximum absolute atomic E-state index is 13.0. The topological polar surface area (TPSA) is 86.8 Å². The standard InChI is InChI=1S/C25H23N3O4/c1-2-19-8-6-7-9-20(19)18-28(21-10-4-3-5-11-21)25(32)14-16-26-22(29)15-17-27-23(30)12-13-24(27)31/h1,3-13H,14-18H2,(H,26,29). The lowest BCUT2D eigenvalue weighted by atomic mass is 10.1. The van der Waals surface area contributed by atoms with Gasteiger partial charge >= 0.3 is 0 Å². The molecule has 0 aliphatic carbocycles. The molecule has 0 aromatic heterocycles. The molecule has 1 aliphatic heterocycles. The van der Waals surface area contributed by atoms with Gasteiger partial charge in [-0.25, -0.2) is 0 Å². The number of carbonyl (C=O) groups excluding carboxylic acids is 4. The first kappa shape index (κ1) is 22.5. The summed E-state index contributed by atoms with van der Waals surface area (Å²) in [5.41, 5.74) is 2.30. The van der Waals surface area contributed by atoms with Gasteiger partial charge in [-0.15, -0.1) is 6.42 Å². The van der Waals surface area contributed by atoms with E-state index in [1.165, 1.54) is 12.2 Å². The molecule has 7 heteroatoms. The Balaban J connectivity index is 1.57. The monoisotopic (exact) mass is 429 g/mol. The van der Waals surface area contributed by atoms with Crippen molar-refractivity contribution >= 4 is 29.3 Å². The SMILES string of the molecule is C#Cc1ccccc1CN(C(=O)CCNC(=O)CCN1C(=O)C=CC1=O)c1ccccc1. The Kier molecular flexibility index (Phi) is 7.55. The minimum atomic E-state index is -0.427. The van der Waals surface area contributed by atoms with Crippen molar-refractivity contribution in [1.82, 2.24) is 10.2 Å². The zero-order chi connectivity index (χ0) is 22.9. The van der Waals surface area contributed by atoms with Crippen LogP contribution in [-0.2, 0) is 25.7 Å². The van der Waals surface area contributed by atoms with Crippen LogP contribution < -0.4 is 10.2 Å². The third kappa shape index (κ3) is 5.70. The fourth-order valence-corrected chi connectivity index (χ4v) is 3.30. The van der Waals surface area contributed by atoms with Crippen LogP contribution in [0.1, 0.15) is 24.0 Å². The van der Waals surface area contributed by atoms with Crippen molar-refractivity contribution in [2.24, 2.45) is 0 Å². The van der Waals surface area contributed by atoms with Gasteiger partial charge in [-0.05, 0) is 23.8 Å². The maximum atomic E-state index is 13.0. The molecule has 0 atom stereocenters. The lowest BCUT2D eigenvalue weighted by molar-refractivity contribution is -0.137. The molecule has 1 heterocycles. The molecule has 32 heavy (non-hydrogen) atoms. The zero-order valence-corrected chi connectivity index (χ0v) is 17.5. The number of nitrogens with zero attached hydrogens (tertiary/aromatic N) is 2. The quantitative estimate of drug-likeness (QED) is 0.488. The number of hydrogen-bond acceptors (Lipinski definition) is 4. The van der Waals surface area contributed by atoms with Crippen LogP contribution in [-0.4, -0.2) is 41.6 Å². The molecule has 0 radical (unpaired) electrons. The molecule has 0 spiro atoms. The average Bonchev–Trinajstić information content (AvgIpc) is 3.13. The van der Waals surface area contributed by atoms with Crippen LogP contribution in [0.25, 0.3) is 0 Å². The Morgan fingerprint density at radius 3 is 2.28 bits per heavy atom. The van der Waals surface area contributed by atoms with E-state index >= 15 is 0 Å². The summed E-state index contributed by atoms with van der Waals surface area (Å²) in [4.78, 5) is 50.8. The van der Waals surface area contributed by atoms with E-state index in [2.05, 4.69) is 11.2 Å². The van der Waals surface area contributed by atoms with E-state index in [0.717, 1.165) is 21.7 Å². The van der Waals surface area contributed by atoms with E-state index in [-0.39, 0.29) is 37.7 Å². The fraction of sp³-hybridized carbons (Fsp3) is 0.200. The van der Waals surface area contributed by atoms with E-state index in [4.69, 9.17) is 6.42 Å². The Labute approximate surface area is 186 Å². The number of anilines is 1. The van der Waals surface area contributed by atoms with Crippen molar-refractivity contribution in [3.8, 4) is 12.3 Å². The van der Waals surface area contributed by atoms with Crippen molar-refractivity contribution in [3.05, 3.63) is 77.9 Å². The van der Waals surface area contributed by atoms with Gasteiger partial charge in [0, 0.05) is 49.3 Å². The first-order valence-electron chi connectivity index (χ1n) is 10.2. The van der Waals surface area contributed by atoms with Crippen LogP contribution >= 0.6 is 0 Å². The molecule has 0 unspecified atom stereocenters. The summed E-state index contributed by atoms with van der Waals surface area (Å²) < 4.78 is 0. The minimum absolute atomic E-state index is 0.00343. The summed E-state index contributed by atoms with van der Waals surface area (Å²) in [6, 6.07) is 16.7. The van der Waals surface area contributed by atoms with Gasteiger partial charge in [0.05, 0.1) is 6.54 Å². The molecule has 1 N–H and O–H groups in total. The second kappa shape index (κ2) is 10.7. The number of carbonyl (C=O) groups is 4. The number of rotatable bonds is 9. The predicted molar refractivity (Wildman–Crippen MR) is 120 cm³/mol. The fourth-order valence-electron chi connectivity index (χ4n) is 3.30. The molecule has 0 saturated carbocycles. The summed E-state index contributed by atoms with van der Waals surface area (Å²) >= 11 is 0. The molecule has 2 aromatic rings. The van der Waals surface area contributed by atoms with Gasteiger partial charge in [0.2, 0.25) is 11.8 Å². The zero-order valence-electron chi connectivity index (χ0n) is 17.5. The summed E-state index contributed by atoms with van der Waals surface area (Å²) in [7, 11) is 0. The highest BCUT2D eigenvalue weighted by molar-refractivity contribution is 6.13. The smallest absolute Gasteiger partial charge is 0.253 e. The molecule has 4 amide bonds. The van der Waals surface area contributed by atoms with Crippen LogP contribution in [0, 0.1) is 12.3 Å². The molecule has 1 aliphatic rings. The number of imide groups is 1. The van der Waals surface area contributed by atoms with Gasteiger partial charge in [-0.3, -0.25) is 24.1 Å². The first-order valence-corrected chi connectivity index (χ1v) is 10.2. The van der Waals surface area contributed by atoms with Gasteiger partial charge < -0.3 is 10.2 Å². The maximum Gasteiger partial charge on any atom is 0.253 e. The predicted octanol–water partition coefficient (Wildman–Crippen LogP) is 2.02. The number of benzene rings is 2. The normalized spacial score (nSPS) is 12.5. The van der Waals surface area contributed by atoms with E-state index in [9.17, 15) is 19.2 Å². The molecule has 162 valence electrons. The minimum Gasteiger partial charge on any atom is -0.356 e. The Morgan fingerprint density at radius 1 is 0.938 bits per heavy atom. The second-order valence-corrected chi connectivity index (χ2v) is 7.13. The number of nitrogens with one attached hydrogen (secondary N) is 1. The van der Waals surface area contributed by atoms with E-state index in [1.54, 1.807) is 4.90 Å². The van der Waals surface area contributed by atoms with Gasteiger partial charge in [0.15, 0.2) is 0 Å². The van der Waals surface area contributed by atoms with Crippen LogP contribution in [0.2, 0.25) is 0 Å². The summed E-state index contributed by atoms with van der Waals surface area (Å²) in [5.74, 6) is 1.28. The van der Waals surface area contributed by atoms with Gasteiger partial charge in [0.25, 0.3) is 11.8 Å². The van der Waals surface area contributed by atoms with Gasteiger partial charge in [-0.2, -0.15) is 0 Å². The summed E-state index contributed by atoms with van der Waals surface area (Å²) in [6.45, 7) is 0.449. The highest BCUT2D eigenvalue weighted by Crippen LogP contribution is 2.19. The van der Waals surface area contributed by atoms with Crippen LogP contribution in [0.15, 0.2) is 66.7 Å². The Morgan fingerprint density at radius 2 is 1.59 bits per heavy atom. The van der Waals surface area contributed by atoms with Gasteiger partial charge in [-0.1, -0.05) is 42.3 Å². The third-order valence-corrected chi connectivity index (χ3v) is 4.99.